The van der Waals surface area contributed by atoms with Crippen molar-refractivity contribution in [2.45, 2.75) is 33.6 Å². The molecule has 3 rings (SSSR count). The highest BCUT2D eigenvalue weighted by molar-refractivity contribution is 6.33. The average molecular weight is 343 g/mol. The fraction of sp³-hybridized carbons (Fsp3) is 0.278. The number of fused-ring (bicyclic) bond motifs is 1. The number of anilines is 1. The van der Waals surface area contributed by atoms with E-state index in [4.69, 9.17) is 11.6 Å². The van der Waals surface area contributed by atoms with E-state index in [0.717, 1.165) is 28.3 Å². The minimum Gasteiger partial charge on any atom is -0.325 e. The summed E-state index contributed by atoms with van der Waals surface area (Å²) in [5.41, 5.74) is 5.42. The topological polar surface area (TPSA) is 59.3 Å². The van der Waals surface area contributed by atoms with E-state index < -0.39 is 0 Å². The van der Waals surface area contributed by atoms with Crippen molar-refractivity contribution in [3.63, 3.8) is 0 Å². The lowest BCUT2D eigenvalue weighted by Gasteiger charge is -2.11. The predicted octanol–water partition coefficient (Wildman–Crippen LogP) is 3.88. The van der Waals surface area contributed by atoms with Crippen LogP contribution in [0.25, 0.3) is 5.65 Å². The fourth-order valence-corrected chi connectivity index (χ4v) is 3.00. The van der Waals surface area contributed by atoms with Gasteiger partial charge in [-0.25, -0.2) is 9.50 Å². The summed E-state index contributed by atoms with van der Waals surface area (Å²) >= 11 is 6.07. The Balaban J connectivity index is 1.76. The van der Waals surface area contributed by atoms with Gasteiger partial charge in [0.15, 0.2) is 5.65 Å². The van der Waals surface area contributed by atoms with Crippen LogP contribution in [0.3, 0.4) is 0 Å². The second kappa shape index (κ2) is 6.61. The number of halogens is 1. The van der Waals surface area contributed by atoms with Crippen LogP contribution in [0.4, 0.5) is 5.69 Å². The molecule has 3 aromatic rings. The summed E-state index contributed by atoms with van der Waals surface area (Å²) < 4.78 is 1.84. The van der Waals surface area contributed by atoms with Crippen molar-refractivity contribution in [3.8, 4) is 0 Å². The van der Waals surface area contributed by atoms with E-state index in [1.807, 2.05) is 43.5 Å². The van der Waals surface area contributed by atoms with Crippen LogP contribution in [0.2, 0.25) is 5.02 Å². The van der Waals surface area contributed by atoms with Crippen molar-refractivity contribution in [1.29, 1.82) is 0 Å². The Kier molecular flexibility index (Phi) is 4.53. The molecular weight excluding hydrogens is 324 g/mol. The molecule has 6 heteroatoms. The monoisotopic (exact) mass is 342 g/mol. The van der Waals surface area contributed by atoms with E-state index >= 15 is 0 Å². The Labute approximate surface area is 145 Å². The maximum absolute atomic E-state index is 12.2. The highest BCUT2D eigenvalue weighted by Gasteiger charge is 2.13. The molecule has 124 valence electrons. The van der Waals surface area contributed by atoms with Crippen LogP contribution in [0, 0.1) is 20.8 Å². The first-order valence-electron chi connectivity index (χ1n) is 7.82. The summed E-state index contributed by atoms with van der Waals surface area (Å²) in [6.45, 7) is 5.92. The van der Waals surface area contributed by atoms with E-state index in [1.54, 1.807) is 12.1 Å². The van der Waals surface area contributed by atoms with Crippen LogP contribution in [-0.2, 0) is 11.2 Å². The highest BCUT2D eigenvalue weighted by Crippen LogP contribution is 2.21. The van der Waals surface area contributed by atoms with Crippen molar-refractivity contribution < 1.29 is 4.79 Å². The number of aryl methyl sites for hydroxylation is 3. The lowest BCUT2D eigenvalue weighted by Crippen LogP contribution is -2.14. The number of para-hydroxylation sites is 1. The number of nitrogens with one attached hydrogen (secondary N) is 1. The van der Waals surface area contributed by atoms with Crippen molar-refractivity contribution in [3.05, 3.63) is 58.0 Å². The lowest BCUT2D eigenvalue weighted by molar-refractivity contribution is -0.116. The first-order chi connectivity index (χ1) is 11.5. The summed E-state index contributed by atoms with van der Waals surface area (Å²) in [6, 6.07) is 9.17. The molecule has 1 amide bonds. The summed E-state index contributed by atoms with van der Waals surface area (Å²) in [6.07, 6.45) is 0.968. The van der Waals surface area contributed by atoms with Gasteiger partial charge in [0.2, 0.25) is 5.91 Å². The van der Waals surface area contributed by atoms with Crippen LogP contribution < -0.4 is 5.32 Å². The normalized spacial score (nSPS) is 11.0. The van der Waals surface area contributed by atoms with Gasteiger partial charge in [0.25, 0.3) is 0 Å². The molecule has 0 saturated heterocycles. The number of amides is 1. The quantitative estimate of drug-likeness (QED) is 0.782. The van der Waals surface area contributed by atoms with Gasteiger partial charge in [-0.3, -0.25) is 4.79 Å². The maximum Gasteiger partial charge on any atom is 0.224 e. The summed E-state index contributed by atoms with van der Waals surface area (Å²) in [7, 11) is 0. The van der Waals surface area contributed by atoms with Gasteiger partial charge in [-0.2, -0.15) is 5.10 Å². The van der Waals surface area contributed by atoms with Crippen molar-refractivity contribution in [2.75, 3.05) is 5.32 Å². The maximum atomic E-state index is 12.2. The molecule has 1 aromatic carbocycles. The smallest absolute Gasteiger partial charge is 0.224 e. The van der Waals surface area contributed by atoms with Gasteiger partial charge in [-0.05, 0) is 44.9 Å². The number of carbonyl (C=O) groups is 1. The Bertz CT molecular complexity index is 917. The molecular formula is C18H19ClN4O. The zero-order valence-corrected chi connectivity index (χ0v) is 14.7. The highest BCUT2D eigenvalue weighted by atomic mass is 35.5. The van der Waals surface area contributed by atoms with Gasteiger partial charge in [0.1, 0.15) is 0 Å². The van der Waals surface area contributed by atoms with Crippen LogP contribution in [0.5, 0.6) is 0 Å². The van der Waals surface area contributed by atoms with Crippen LogP contribution in [0.1, 0.15) is 29.1 Å². The molecule has 1 N–H and O–H groups in total. The molecule has 24 heavy (non-hydrogen) atoms. The third kappa shape index (κ3) is 3.26. The largest absolute Gasteiger partial charge is 0.325 e. The molecule has 0 fully saturated rings. The first kappa shape index (κ1) is 16.5. The minimum absolute atomic E-state index is 0.0707. The van der Waals surface area contributed by atoms with Crippen LogP contribution in [0.15, 0.2) is 30.3 Å². The van der Waals surface area contributed by atoms with Gasteiger partial charge < -0.3 is 5.32 Å². The number of carbonyl (C=O) groups excluding carboxylic acids is 1. The van der Waals surface area contributed by atoms with E-state index in [0.29, 0.717) is 23.6 Å². The second-order valence-corrected chi connectivity index (χ2v) is 6.25. The molecule has 2 aromatic heterocycles. The van der Waals surface area contributed by atoms with E-state index in [-0.39, 0.29) is 5.91 Å². The molecule has 0 aliphatic carbocycles. The van der Waals surface area contributed by atoms with E-state index in [1.165, 1.54) is 0 Å². The third-order valence-corrected chi connectivity index (χ3v) is 4.37. The number of hydrogen-bond acceptors (Lipinski definition) is 3. The molecule has 0 aliphatic rings. The molecule has 0 unspecified atom stereocenters. The molecule has 0 saturated carbocycles. The molecule has 5 nitrogen and oxygen atoms in total. The van der Waals surface area contributed by atoms with Crippen molar-refractivity contribution in [2.24, 2.45) is 0 Å². The molecule has 0 atom stereocenters. The van der Waals surface area contributed by atoms with Gasteiger partial charge in [0, 0.05) is 23.9 Å². The summed E-state index contributed by atoms with van der Waals surface area (Å²) in [4.78, 5) is 16.8. The van der Waals surface area contributed by atoms with Crippen LogP contribution >= 0.6 is 11.6 Å². The second-order valence-electron chi connectivity index (χ2n) is 5.84. The van der Waals surface area contributed by atoms with Gasteiger partial charge in [-0.1, -0.05) is 23.7 Å². The van der Waals surface area contributed by atoms with Gasteiger partial charge in [0.05, 0.1) is 16.4 Å². The van der Waals surface area contributed by atoms with Gasteiger partial charge >= 0.3 is 0 Å². The Hall–Kier alpha value is -2.40. The summed E-state index contributed by atoms with van der Waals surface area (Å²) in [5, 5.41) is 7.84. The molecule has 2 heterocycles. The SMILES string of the molecule is Cc1cc2nc(C)c(CCC(=O)Nc3ccccc3Cl)c(C)n2n1. The number of aromatic nitrogens is 3. The lowest BCUT2D eigenvalue weighted by atomic mass is 10.1. The van der Waals surface area contributed by atoms with E-state index in [9.17, 15) is 4.79 Å². The average Bonchev–Trinajstić information content (AvgIpc) is 2.90. The van der Waals surface area contributed by atoms with Crippen molar-refractivity contribution >= 4 is 28.8 Å². The Morgan fingerprint density at radius 1 is 1.25 bits per heavy atom. The molecule has 0 spiro atoms. The first-order valence-corrected chi connectivity index (χ1v) is 8.20. The molecule has 0 bridgehead atoms. The van der Waals surface area contributed by atoms with Crippen molar-refractivity contribution in [1.82, 2.24) is 14.6 Å². The zero-order chi connectivity index (χ0) is 17.3. The number of nitrogens with zero attached hydrogens (tertiary/aromatic N) is 3. The number of benzene rings is 1. The molecule has 0 radical (unpaired) electrons. The Morgan fingerprint density at radius 3 is 2.75 bits per heavy atom. The Morgan fingerprint density at radius 2 is 2.00 bits per heavy atom. The minimum atomic E-state index is -0.0707. The van der Waals surface area contributed by atoms with E-state index in [2.05, 4.69) is 15.4 Å². The standard InChI is InChI=1S/C18H19ClN4O/c1-11-10-17-20-12(2)14(13(3)23(17)22-11)8-9-18(24)21-16-7-5-4-6-15(16)19/h4-7,10H,8-9H2,1-3H3,(H,21,24). The fourth-order valence-electron chi connectivity index (χ4n) is 2.82. The summed E-state index contributed by atoms with van der Waals surface area (Å²) in [5.74, 6) is -0.0707. The predicted molar refractivity (Wildman–Crippen MR) is 95.6 cm³/mol. The van der Waals surface area contributed by atoms with Crippen LogP contribution in [-0.4, -0.2) is 20.5 Å². The number of hydrogen-bond donors (Lipinski definition) is 1. The zero-order valence-electron chi connectivity index (χ0n) is 13.9. The third-order valence-electron chi connectivity index (χ3n) is 4.04. The molecule has 0 aliphatic heterocycles. The number of rotatable bonds is 4. The van der Waals surface area contributed by atoms with Gasteiger partial charge in [-0.15, -0.1) is 0 Å².